The highest BCUT2D eigenvalue weighted by Gasteiger charge is 2.24. The second kappa shape index (κ2) is 3.79. The van der Waals surface area contributed by atoms with Crippen molar-refractivity contribution >= 4 is 5.97 Å². The van der Waals surface area contributed by atoms with Crippen molar-refractivity contribution in [3.8, 4) is 0 Å². The fraction of sp³-hybridized carbons (Fsp3) is 0.556. The number of carbonyl (C=O) groups is 1. The molecule has 0 radical (unpaired) electrons. The molecule has 0 saturated carbocycles. The quantitative estimate of drug-likeness (QED) is 0.700. The van der Waals surface area contributed by atoms with Crippen LogP contribution in [0.15, 0.2) is 12.3 Å². The number of ether oxygens (including phenoxy) is 1. The van der Waals surface area contributed by atoms with E-state index in [0.717, 1.165) is 13.1 Å². The van der Waals surface area contributed by atoms with Crippen LogP contribution in [0.5, 0.6) is 0 Å². The van der Waals surface area contributed by atoms with Crippen LogP contribution in [0.3, 0.4) is 0 Å². The van der Waals surface area contributed by atoms with E-state index in [1.165, 1.54) is 0 Å². The Labute approximate surface area is 82.0 Å². The number of rotatable bonds is 3. The Bertz CT molecular complexity index is 331. The van der Waals surface area contributed by atoms with Crippen molar-refractivity contribution in [3.05, 3.63) is 18.0 Å². The topological polar surface area (TPSA) is 56.1 Å². The normalized spacial score (nSPS) is 16.4. The van der Waals surface area contributed by atoms with Crippen molar-refractivity contribution in [2.75, 3.05) is 19.7 Å². The number of hydrogen-bond donors (Lipinski definition) is 1. The minimum Gasteiger partial charge on any atom is -0.461 e. The fourth-order valence-electron chi connectivity index (χ4n) is 1.42. The van der Waals surface area contributed by atoms with Gasteiger partial charge in [0.2, 0.25) is 0 Å². The van der Waals surface area contributed by atoms with Gasteiger partial charge in [-0.05, 0) is 13.0 Å². The van der Waals surface area contributed by atoms with Crippen molar-refractivity contribution in [3.63, 3.8) is 0 Å². The summed E-state index contributed by atoms with van der Waals surface area (Å²) in [5, 5.41) is 7.25. The minimum atomic E-state index is -0.295. The van der Waals surface area contributed by atoms with Crippen LogP contribution in [-0.4, -0.2) is 35.4 Å². The molecular weight excluding hydrogens is 182 g/mol. The van der Waals surface area contributed by atoms with Crippen LogP contribution < -0.4 is 5.32 Å². The van der Waals surface area contributed by atoms with Gasteiger partial charge in [0.15, 0.2) is 0 Å². The molecule has 0 spiro atoms. The van der Waals surface area contributed by atoms with Crippen molar-refractivity contribution in [2.45, 2.75) is 13.0 Å². The Morgan fingerprint density at radius 1 is 1.79 bits per heavy atom. The zero-order valence-electron chi connectivity index (χ0n) is 8.06. The summed E-state index contributed by atoms with van der Waals surface area (Å²) < 4.78 is 6.66. The Hall–Kier alpha value is -1.36. The maximum atomic E-state index is 11.5. The van der Waals surface area contributed by atoms with E-state index in [1.807, 2.05) is 0 Å². The lowest BCUT2D eigenvalue weighted by Crippen LogP contribution is -2.44. The molecular formula is C9H13N3O2. The average Bonchev–Trinajstić information content (AvgIpc) is 2.50. The number of aromatic nitrogens is 2. The molecule has 1 aromatic heterocycles. The molecule has 1 N–H and O–H groups in total. The molecule has 76 valence electrons. The molecule has 0 unspecified atom stereocenters. The number of carbonyl (C=O) groups excluding carboxylic acids is 1. The third-order valence-corrected chi connectivity index (χ3v) is 2.26. The van der Waals surface area contributed by atoms with E-state index < -0.39 is 0 Å². The Morgan fingerprint density at radius 3 is 3.14 bits per heavy atom. The van der Waals surface area contributed by atoms with Gasteiger partial charge in [-0.3, -0.25) is 4.68 Å². The molecule has 1 saturated heterocycles. The number of nitrogens with one attached hydrogen (secondary N) is 1. The average molecular weight is 195 g/mol. The standard InChI is InChI=1S/C9H13N3O2/c1-2-14-9(13)8-3-4-11-12(8)7-5-10-6-7/h3-4,7,10H,2,5-6H2,1H3. The number of nitrogens with zero attached hydrogens (tertiary/aromatic N) is 2. The summed E-state index contributed by atoms with van der Waals surface area (Å²) in [5.74, 6) is -0.295. The van der Waals surface area contributed by atoms with E-state index in [1.54, 1.807) is 23.9 Å². The van der Waals surface area contributed by atoms with Crippen LogP contribution in [0, 0.1) is 0 Å². The van der Waals surface area contributed by atoms with Crippen LogP contribution in [0.4, 0.5) is 0 Å². The van der Waals surface area contributed by atoms with Gasteiger partial charge in [-0.1, -0.05) is 0 Å². The van der Waals surface area contributed by atoms with E-state index in [9.17, 15) is 4.79 Å². The highest BCUT2D eigenvalue weighted by Crippen LogP contribution is 2.14. The molecule has 2 heterocycles. The third kappa shape index (κ3) is 1.50. The first-order chi connectivity index (χ1) is 6.83. The second-order valence-electron chi connectivity index (χ2n) is 3.19. The van der Waals surface area contributed by atoms with Gasteiger partial charge in [0, 0.05) is 19.3 Å². The Morgan fingerprint density at radius 2 is 2.57 bits per heavy atom. The summed E-state index contributed by atoms with van der Waals surface area (Å²) in [6, 6.07) is 1.99. The molecule has 1 aromatic rings. The van der Waals surface area contributed by atoms with E-state index >= 15 is 0 Å². The van der Waals surface area contributed by atoms with Gasteiger partial charge < -0.3 is 10.1 Å². The monoisotopic (exact) mass is 195 g/mol. The molecule has 0 aliphatic carbocycles. The first kappa shape index (κ1) is 9.21. The molecule has 0 aromatic carbocycles. The van der Waals surface area contributed by atoms with Gasteiger partial charge >= 0.3 is 5.97 Å². The predicted molar refractivity (Wildman–Crippen MR) is 50.1 cm³/mol. The molecule has 2 rings (SSSR count). The predicted octanol–water partition coefficient (Wildman–Crippen LogP) is 0.204. The van der Waals surface area contributed by atoms with E-state index in [-0.39, 0.29) is 5.97 Å². The summed E-state index contributed by atoms with van der Waals surface area (Å²) in [5.41, 5.74) is 0.540. The molecule has 5 nitrogen and oxygen atoms in total. The van der Waals surface area contributed by atoms with Crippen LogP contribution in [-0.2, 0) is 4.74 Å². The molecule has 0 atom stereocenters. The lowest BCUT2D eigenvalue weighted by molar-refractivity contribution is 0.0506. The minimum absolute atomic E-state index is 0.295. The lowest BCUT2D eigenvalue weighted by Gasteiger charge is -2.28. The number of hydrogen-bond acceptors (Lipinski definition) is 4. The zero-order chi connectivity index (χ0) is 9.97. The molecule has 14 heavy (non-hydrogen) atoms. The zero-order valence-corrected chi connectivity index (χ0v) is 8.06. The smallest absolute Gasteiger partial charge is 0.356 e. The van der Waals surface area contributed by atoms with Gasteiger partial charge in [0.05, 0.1) is 12.6 Å². The largest absolute Gasteiger partial charge is 0.461 e. The molecule has 1 aliphatic rings. The first-order valence-corrected chi connectivity index (χ1v) is 4.74. The van der Waals surface area contributed by atoms with Crippen LogP contribution >= 0.6 is 0 Å². The SMILES string of the molecule is CCOC(=O)c1ccnn1C1CNC1. The van der Waals surface area contributed by atoms with Crippen molar-refractivity contribution in [1.82, 2.24) is 15.1 Å². The van der Waals surface area contributed by atoms with Crippen LogP contribution in [0.25, 0.3) is 0 Å². The highest BCUT2D eigenvalue weighted by atomic mass is 16.5. The summed E-state index contributed by atoms with van der Waals surface area (Å²) in [7, 11) is 0. The third-order valence-electron chi connectivity index (χ3n) is 2.26. The molecule has 1 aliphatic heterocycles. The van der Waals surface area contributed by atoms with Crippen LogP contribution in [0.2, 0.25) is 0 Å². The van der Waals surface area contributed by atoms with Gasteiger partial charge in [-0.2, -0.15) is 5.10 Å². The Kier molecular flexibility index (Phi) is 2.49. The fourth-order valence-corrected chi connectivity index (χ4v) is 1.42. The van der Waals surface area contributed by atoms with E-state index in [4.69, 9.17) is 4.74 Å². The maximum Gasteiger partial charge on any atom is 0.356 e. The molecule has 0 amide bonds. The summed E-state index contributed by atoms with van der Waals surface area (Å²) >= 11 is 0. The lowest BCUT2D eigenvalue weighted by atomic mass is 10.2. The van der Waals surface area contributed by atoms with Crippen molar-refractivity contribution in [2.24, 2.45) is 0 Å². The highest BCUT2D eigenvalue weighted by molar-refractivity contribution is 5.87. The summed E-state index contributed by atoms with van der Waals surface area (Å²) in [4.78, 5) is 11.5. The molecule has 5 heteroatoms. The van der Waals surface area contributed by atoms with Gasteiger partial charge in [-0.25, -0.2) is 4.79 Å². The first-order valence-electron chi connectivity index (χ1n) is 4.74. The van der Waals surface area contributed by atoms with Gasteiger partial charge in [-0.15, -0.1) is 0 Å². The van der Waals surface area contributed by atoms with Gasteiger partial charge in [0.25, 0.3) is 0 Å². The van der Waals surface area contributed by atoms with Crippen molar-refractivity contribution < 1.29 is 9.53 Å². The summed E-state index contributed by atoms with van der Waals surface area (Å²) in [6.07, 6.45) is 1.63. The Balaban J connectivity index is 2.16. The van der Waals surface area contributed by atoms with E-state index in [0.29, 0.717) is 18.3 Å². The maximum absolute atomic E-state index is 11.5. The summed E-state index contributed by atoms with van der Waals surface area (Å²) in [6.45, 7) is 3.93. The molecule has 1 fully saturated rings. The van der Waals surface area contributed by atoms with Gasteiger partial charge in [0.1, 0.15) is 5.69 Å². The van der Waals surface area contributed by atoms with Crippen molar-refractivity contribution in [1.29, 1.82) is 0 Å². The van der Waals surface area contributed by atoms with E-state index in [2.05, 4.69) is 10.4 Å². The molecule has 0 bridgehead atoms. The number of esters is 1. The van der Waals surface area contributed by atoms with Crippen LogP contribution in [0.1, 0.15) is 23.5 Å². The second-order valence-corrected chi connectivity index (χ2v) is 3.19.